The predicted octanol–water partition coefficient (Wildman–Crippen LogP) is 0.747. The summed E-state index contributed by atoms with van der Waals surface area (Å²) >= 11 is 0. The van der Waals surface area contributed by atoms with Crippen molar-refractivity contribution in [3.8, 4) is 0 Å². The van der Waals surface area contributed by atoms with Crippen LogP contribution in [0.1, 0.15) is 12.0 Å². The summed E-state index contributed by atoms with van der Waals surface area (Å²) in [6.45, 7) is 0.496. The summed E-state index contributed by atoms with van der Waals surface area (Å²) in [4.78, 5) is 0. The average molecular weight is 288 g/mol. The number of fused-ring (bicyclic) bond motifs is 1. The molecule has 0 unspecified atom stereocenters. The van der Waals surface area contributed by atoms with E-state index in [2.05, 4.69) is 0 Å². The number of aliphatic hydroxyl groups is 1. The van der Waals surface area contributed by atoms with E-state index in [1.807, 2.05) is 0 Å². The summed E-state index contributed by atoms with van der Waals surface area (Å²) in [7, 11) is -2.19. The number of rotatable bonds is 5. The van der Waals surface area contributed by atoms with Gasteiger partial charge >= 0.3 is 10.2 Å². The molecule has 0 amide bonds. The van der Waals surface area contributed by atoms with E-state index in [9.17, 15) is 12.8 Å². The Balaban J connectivity index is 2.27. The molecule has 0 fully saturated rings. The Bertz CT molecular complexity index is 562. The fourth-order valence-corrected chi connectivity index (χ4v) is 3.58. The summed E-state index contributed by atoms with van der Waals surface area (Å²) in [5.74, 6) is -0.445. The molecule has 0 saturated heterocycles. The van der Waals surface area contributed by atoms with Gasteiger partial charge in [0.2, 0.25) is 0 Å². The lowest BCUT2D eigenvalue weighted by Gasteiger charge is -2.25. The molecule has 1 aromatic carbocycles. The highest BCUT2D eigenvalue weighted by molar-refractivity contribution is 7.90. The van der Waals surface area contributed by atoms with Crippen LogP contribution in [0.4, 0.5) is 10.1 Å². The molecular formula is C12H17FN2O3S. The highest BCUT2D eigenvalue weighted by Crippen LogP contribution is 2.31. The van der Waals surface area contributed by atoms with Crippen LogP contribution in [0, 0.1) is 5.82 Å². The van der Waals surface area contributed by atoms with Gasteiger partial charge in [0.15, 0.2) is 0 Å². The molecule has 0 aliphatic carbocycles. The van der Waals surface area contributed by atoms with Crippen molar-refractivity contribution in [2.75, 3.05) is 31.0 Å². The van der Waals surface area contributed by atoms with Crippen LogP contribution in [0.15, 0.2) is 18.2 Å². The third-order valence-corrected chi connectivity index (χ3v) is 5.11. The standard InChI is InChI=1S/C12H17FN2O3S/c1-14(6-2-8-16)19(17,18)15-7-5-10-3-4-11(13)9-12(10)15/h3-4,9,16H,2,5-8H2,1H3. The van der Waals surface area contributed by atoms with Crippen molar-refractivity contribution in [1.82, 2.24) is 4.31 Å². The normalized spacial score (nSPS) is 15.1. The second-order valence-corrected chi connectivity index (χ2v) is 6.46. The minimum absolute atomic E-state index is 0.0644. The van der Waals surface area contributed by atoms with Crippen LogP contribution in [-0.2, 0) is 16.6 Å². The number of aliphatic hydroxyl groups excluding tert-OH is 1. The lowest BCUT2D eigenvalue weighted by Crippen LogP contribution is -2.41. The zero-order valence-electron chi connectivity index (χ0n) is 10.7. The number of hydrogen-bond acceptors (Lipinski definition) is 3. The zero-order chi connectivity index (χ0) is 14.0. The quantitative estimate of drug-likeness (QED) is 0.869. The maximum absolute atomic E-state index is 13.3. The van der Waals surface area contributed by atoms with Crippen LogP contribution in [0.5, 0.6) is 0 Å². The Hall–Kier alpha value is -1.18. The third kappa shape index (κ3) is 2.72. The predicted molar refractivity (Wildman–Crippen MR) is 70.7 cm³/mol. The van der Waals surface area contributed by atoms with E-state index in [4.69, 9.17) is 5.11 Å². The van der Waals surface area contributed by atoms with Gasteiger partial charge in [-0.05, 0) is 30.5 Å². The summed E-state index contributed by atoms with van der Waals surface area (Å²) in [6, 6.07) is 4.21. The third-order valence-electron chi connectivity index (χ3n) is 3.20. The van der Waals surface area contributed by atoms with Gasteiger partial charge in [0, 0.05) is 26.7 Å². The monoisotopic (exact) mass is 288 g/mol. The van der Waals surface area contributed by atoms with E-state index < -0.39 is 16.0 Å². The van der Waals surface area contributed by atoms with Crippen LogP contribution >= 0.6 is 0 Å². The highest BCUT2D eigenvalue weighted by Gasteiger charge is 2.32. The van der Waals surface area contributed by atoms with Gasteiger partial charge in [-0.3, -0.25) is 4.31 Å². The Morgan fingerprint density at radius 1 is 1.47 bits per heavy atom. The molecule has 0 atom stereocenters. The number of hydrogen-bond donors (Lipinski definition) is 1. The molecule has 19 heavy (non-hydrogen) atoms. The molecule has 7 heteroatoms. The molecule has 1 aliphatic heterocycles. The molecule has 1 N–H and O–H groups in total. The second kappa shape index (κ2) is 5.44. The first-order valence-electron chi connectivity index (χ1n) is 6.10. The molecular weight excluding hydrogens is 271 g/mol. The Morgan fingerprint density at radius 3 is 2.89 bits per heavy atom. The Labute approximate surface area is 112 Å². The Kier molecular flexibility index (Phi) is 4.07. The van der Waals surface area contributed by atoms with Crippen molar-refractivity contribution in [3.05, 3.63) is 29.6 Å². The van der Waals surface area contributed by atoms with E-state index in [-0.39, 0.29) is 13.2 Å². The van der Waals surface area contributed by atoms with E-state index >= 15 is 0 Å². The maximum atomic E-state index is 13.3. The van der Waals surface area contributed by atoms with E-state index in [1.54, 1.807) is 6.07 Å². The summed E-state index contributed by atoms with van der Waals surface area (Å²) in [5, 5.41) is 8.76. The molecule has 0 bridgehead atoms. The lowest BCUT2D eigenvalue weighted by atomic mass is 10.2. The molecule has 106 valence electrons. The summed E-state index contributed by atoms with van der Waals surface area (Å²) in [6.07, 6.45) is 0.961. The molecule has 2 rings (SSSR count). The van der Waals surface area contributed by atoms with Gasteiger partial charge in [-0.1, -0.05) is 6.07 Å². The van der Waals surface area contributed by atoms with E-state index in [0.29, 0.717) is 25.1 Å². The largest absolute Gasteiger partial charge is 0.396 e. The number of halogens is 1. The minimum atomic E-state index is -3.65. The first-order chi connectivity index (χ1) is 8.96. The van der Waals surface area contributed by atoms with Gasteiger partial charge in [0.05, 0.1) is 5.69 Å². The number of nitrogens with zero attached hydrogens (tertiary/aromatic N) is 2. The molecule has 0 spiro atoms. The van der Waals surface area contributed by atoms with Crippen molar-refractivity contribution in [1.29, 1.82) is 0 Å². The first kappa shape index (κ1) is 14.2. The molecule has 0 radical (unpaired) electrons. The first-order valence-corrected chi connectivity index (χ1v) is 7.50. The van der Waals surface area contributed by atoms with Gasteiger partial charge in [0.1, 0.15) is 5.82 Å². The minimum Gasteiger partial charge on any atom is -0.396 e. The van der Waals surface area contributed by atoms with Crippen LogP contribution < -0.4 is 4.31 Å². The summed E-state index contributed by atoms with van der Waals surface area (Å²) < 4.78 is 40.4. The lowest BCUT2D eigenvalue weighted by molar-refractivity contribution is 0.275. The van der Waals surface area contributed by atoms with Gasteiger partial charge in [-0.15, -0.1) is 0 Å². The molecule has 1 heterocycles. The molecule has 0 aromatic heterocycles. The highest BCUT2D eigenvalue weighted by atomic mass is 32.2. The SMILES string of the molecule is CN(CCCO)S(=O)(=O)N1CCc2ccc(F)cc21. The molecule has 1 aromatic rings. The topological polar surface area (TPSA) is 60.9 Å². The van der Waals surface area contributed by atoms with E-state index in [0.717, 1.165) is 5.56 Å². The van der Waals surface area contributed by atoms with E-state index in [1.165, 1.54) is 27.8 Å². The van der Waals surface area contributed by atoms with Crippen LogP contribution in [-0.4, -0.2) is 44.6 Å². The van der Waals surface area contributed by atoms with Gasteiger partial charge < -0.3 is 5.11 Å². The van der Waals surface area contributed by atoms with Crippen LogP contribution in [0.2, 0.25) is 0 Å². The average Bonchev–Trinajstić information content (AvgIpc) is 2.79. The van der Waals surface area contributed by atoms with Crippen molar-refractivity contribution < 1.29 is 17.9 Å². The number of anilines is 1. The van der Waals surface area contributed by atoms with Crippen LogP contribution in [0.25, 0.3) is 0 Å². The molecule has 0 saturated carbocycles. The smallest absolute Gasteiger partial charge is 0.303 e. The van der Waals surface area contributed by atoms with Gasteiger partial charge in [-0.2, -0.15) is 12.7 Å². The summed E-state index contributed by atoms with van der Waals surface area (Å²) in [5.41, 5.74) is 1.25. The molecule has 5 nitrogen and oxygen atoms in total. The fourth-order valence-electron chi connectivity index (χ4n) is 2.14. The fraction of sp³-hybridized carbons (Fsp3) is 0.500. The van der Waals surface area contributed by atoms with Crippen molar-refractivity contribution in [2.24, 2.45) is 0 Å². The number of benzene rings is 1. The van der Waals surface area contributed by atoms with Gasteiger partial charge in [0.25, 0.3) is 0 Å². The van der Waals surface area contributed by atoms with Gasteiger partial charge in [-0.25, -0.2) is 4.39 Å². The van der Waals surface area contributed by atoms with Crippen molar-refractivity contribution in [3.63, 3.8) is 0 Å². The van der Waals surface area contributed by atoms with Crippen molar-refractivity contribution >= 4 is 15.9 Å². The van der Waals surface area contributed by atoms with Crippen molar-refractivity contribution in [2.45, 2.75) is 12.8 Å². The molecule has 1 aliphatic rings. The maximum Gasteiger partial charge on any atom is 0.303 e. The Morgan fingerprint density at radius 2 is 2.21 bits per heavy atom. The second-order valence-electron chi connectivity index (χ2n) is 4.50. The zero-order valence-corrected chi connectivity index (χ0v) is 11.5. The van der Waals surface area contributed by atoms with Crippen LogP contribution in [0.3, 0.4) is 0 Å².